The first-order valence-electron chi connectivity index (χ1n) is 11.1. The zero-order valence-electron chi connectivity index (χ0n) is 19.7. The molecule has 7 nitrogen and oxygen atoms in total. The van der Waals surface area contributed by atoms with E-state index in [4.69, 9.17) is 15.2 Å². The summed E-state index contributed by atoms with van der Waals surface area (Å²) in [6.45, 7) is 18.7. The molecule has 0 atom stereocenters. The molecule has 8 heteroatoms. The van der Waals surface area contributed by atoms with E-state index in [9.17, 15) is 4.79 Å². The van der Waals surface area contributed by atoms with Crippen molar-refractivity contribution in [3.8, 4) is 5.75 Å². The maximum atomic E-state index is 12.6. The van der Waals surface area contributed by atoms with Crippen LogP contribution in [0, 0.1) is 13.8 Å². The minimum Gasteiger partial charge on any atom is -0.490 e. The highest BCUT2D eigenvalue weighted by Crippen LogP contribution is 2.40. The van der Waals surface area contributed by atoms with E-state index in [0.717, 1.165) is 59.9 Å². The number of carbonyl (C=O) groups excluding carboxylic acids is 1. The number of hydrogen-bond acceptors (Lipinski definition) is 8. The Morgan fingerprint density at radius 2 is 1.84 bits per heavy atom. The third kappa shape index (κ3) is 5.67. The molecule has 0 saturated carbocycles. The minimum absolute atomic E-state index is 0.405. The van der Waals surface area contributed by atoms with Crippen LogP contribution in [0.5, 0.6) is 5.75 Å². The predicted octanol–water partition coefficient (Wildman–Crippen LogP) is 3.86. The number of nitrogen functional groups attached to an aromatic ring is 1. The van der Waals surface area contributed by atoms with Gasteiger partial charge in [-0.15, -0.1) is 11.3 Å². The zero-order valence-corrected chi connectivity index (χ0v) is 20.5. The van der Waals surface area contributed by atoms with Crippen LogP contribution in [0.15, 0.2) is 0 Å². The second-order valence-electron chi connectivity index (χ2n) is 9.16. The largest absolute Gasteiger partial charge is 0.490 e. The van der Waals surface area contributed by atoms with Gasteiger partial charge < -0.3 is 20.1 Å². The number of nitrogens with two attached hydrogens (primary N) is 1. The number of likely N-dealkylation sites (N-methyl/N-ethyl adjacent to an activating group) is 1. The van der Waals surface area contributed by atoms with Gasteiger partial charge >= 0.3 is 5.97 Å². The number of aromatic nitrogens is 1. The van der Waals surface area contributed by atoms with Crippen LogP contribution in [0.3, 0.4) is 0 Å². The Labute approximate surface area is 189 Å². The molecule has 0 spiro atoms. The van der Waals surface area contributed by atoms with Gasteiger partial charge in [0.05, 0.1) is 11.4 Å². The topological polar surface area (TPSA) is 80.9 Å². The Morgan fingerprint density at radius 1 is 1.16 bits per heavy atom. The lowest BCUT2D eigenvalue weighted by Crippen LogP contribution is -2.33. The van der Waals surface area contributed by atoms with Gasteiger partial charge in [-0.25, -0.2) is 9.78 Å². The van der Waals surface area contributed by atoms with Crippen LogP contribution in [0.25, 0.3) is 10.2 Å². The van der Waals surface area contributed by atoms with E-state index in [-0.39, 0.29) is 0 Å². The average molecular weight is 449 g/mol. The summed E-state index contributed by atoms with van der Waals surface area (Å²) < 4.78 is 11.7. The highest BCUT2D eigenvalue weighted by Gasteiger charge is 2.26. The molecule has 3 rings (SSSR count). The quantitative estimate of drug-likeness (QED) is 0.672. The average Bonchev–Trinajstić information content (AvgIpc) is 2.86. The van der Waals surface area contributed by atoms with Crippen molar-refractivity contribution in [3.05, 3.63) is 16.1 Å². The fourth-order valence-corrected chi connectivity index (χ4v) is 5.07. The van der Waals surface area contributed by atoms with Crippen molar-refractivity contribution in [3.63, 3.8) is 0 Å². The Bertz CT molecular complexity index is 935. The van der Waals surface area contributed by atoms with Crippen LogP contribution >= 0.6 is 11.3 Å². The van der Waals surface area contributed by atoms with E-state index in [1.165, 1.54) is 24.3 Å². The van der Waals surface area contributed by atoms with E-state index < -0.39 is 11.6 Å². The molecule has 3 heterocycles. The second kappa shape index (κ2) is 9.71. The zero-order chi connectivity index (χ0) is 22.8. The molecule has 0 unspecified atom stereocenters. The van der Waals surface area contributed by atoms with Crippen LogP contribution in [0.1, 0.15) is 55.0 Å². The Morgan fingerprint density at radius 3 is 2.52 bits per heavy atom. The lowest BCUT2D eigenvalue weighted by atomic mass is 10.1. The number of ether oxygens (including phenoxy) is 2. The number of thiophene rings is 1. The van der Waals surface area contributed by atoms with Gasteiger partial charge in [-0.05, 0) is 60.7 Å². The number of rotatable bonds is 6. The van der Waals surface area contributed by atoms with E-state index >= 15 is 0 Å². The molecule has 172 valence electrons. The number of fused-ring (bicyclic) bond motifs is 1. The van der Waals surface area contributed by atoms with E-state index in [1.54, 1.807) is 0 Å². The molecule has 0 amide bonds. The molecule has 0 radical (unpaired) electrons. The molecule has 1 aliphatic rings. The van der Waals surface area contributed by atoms with Crippen molar-refractivity contribution in [1.29, 1.82) is 0 Å². The molecule has 1 fully saturated rings. The number of aryl methyl sites for hydroxylation is 2. The summed E-state index contributed by atoms with van der Waals surface area (Å²) in [5.74, 6) is 0.354. The molecule has 2 aromatic rings. The molecule has 0 aromatic carbocycles. The normalized spacial score (nSPS) is 16.5. The van der Waals surface area contributed by atoms with Crippen molar-refractivity contribution in [2.45, 2.75) is 53.6 Å². The first kappa shape index (κ1) is 23.8. The van der Waals surface area contributed by atoms with Gasteiger partial charge in [0.1, 0.15) is 27.7 Å². The minimum atomic E-state index is -0.576. The molecule has 1 aliphatic heterocycles. The predicted molar refractivity (Wildman–Crippen MR) is 127 cm³/mol. The standard InChI is InChI=1S/C23H36N4O3S/c1-7-26-9-8-10-27(12-11-26)13-14-29-19-15(2)17-18(24)20(22(28)30-23(4,5)6)31-21(17)25-16(19)3/h7-14,24H2,1-6H3. The highest BCUT2D eigenvalue weighted by atomic mass is 32.1. The van der Waals surface area contributed by atoms with Crippen molar-refractivity contribution in [2.24, 2.45) is 0 Å². The summed E-state index contributed by atoms with van der Waals surface area (Å²) in [5, 5.41) is 0.791. The van der Waals surface area contributed by atoms with Gasteiger partial charge in [-0.3, -0.25) is 4.90 Å². The number of nitrogens with zero attached hydrogens (tertiary/aromatic N) is 3. The van der Waals surface area contributed by atoms with E-state index in [2.05, 4.69) is 21.7 Å². The van der Waals surface area contributed by atoms with Gasteiger partial charge in [-0.1, -0.05) is 6.92 Å². The van der Waals surface area contributed by atoms with Crippen molar-refractivity contribution >= 4 is 33.2 Å². The number of esters is 1. The van der Waals surface area contributed by atoms with Crippen molar-refractivity contribution in [2.75, 3.05) is 51.6 Å². The van der Waals surface area contributed by atoms with Crippen LogP contribution < -0.4 is 10.5 Å². The lowest BCUT2D eigenvalue weighted by Gasteiger charge is -2.21. The van der Waals surface area contributed by atoms with Crippen molar-refractivity contribution in [1.82, 2.24) is 14.8 Å². The Hall–Kier alpha value is -1.90. The van der Waals surface area contributed by atoms with Gasteiger partial charge in [0.25, 0.3) is 0 Å². The summed E-state index contributed by atoms with van der Waals surface area (Å²) in [5.41, 5.74) is 7.96. The molecule has 2 N–H and O–H groups in total. The van der Waals surface area contributed by atoms with Crippen LogP contribution in [0.2, 0.25) is 0 Å². The van der Waals surface area contributed by atoms with Crippen LogP contribution in [-0.4, -0.2) is 72.2 Å². The Balaban J connectivity index is 1.74. The first-order valence-corrected chi connectivity index (χ1v) is 11.9. The van der Waals surface area contributed by atoms with E-state index in [0.29, 0.717) is 17.2 Å². The second-order valence-corrected chi connectivity index (χ2v) is 10.2. The fraction of sp³-hybridized carbons (Fsp3) is 0.652. The molecule has 0 aliphatic carbocycles. The van der Waals surface area contributed by atoms with Gasteiger partial charge in [0.2, 0.25) is 0 Å². The monoisotopic (exact) mass is 448 g/mol. The van der Waals surface area contributed by atoms with Gasteiger partial charge in [-0.2, -0.15) is 0 Å². The Kier molecular flexibility index (Phi) is 7.44. The molecule has 1 saturated heterocycles. The molecule has 31 heavy (non-hydrogen) atoms. The molecule has 0 bridgehead atoms. The number of carbonyl (C=O) groups is 1. The third-order valence-electron chi connectivity index (χ3n) is 5.61. The maximum Gasteiger partial charge on any atom is 0.351 e. The van der Waals surface area contributed by atoms with Crippen LogP contribution in [0.4, 0.5) is 5.69 Å². The molecule has 2 aromatic heterocycles. The lowest BCUT2D eigenvalue weighted by molar-refractivity contribution is 0.00764. The molecular weight excluding hydrogens is 412 g/mol. The fourth-order valence-electron chi connectivity index (χ4n) is 3.99. The number of pyridine rings is 1. The van der Waals surface area contributed by atoms with Crippen molar-refractivity contribution < 1.29 is 14.3 Å². The van der Waals surface area contributed by atoms with Gasteiger partial charge in [0.15, 0.2) is 0 Å². The first-order chi connectivity index (χ1) is 14.6. The summed E-state index contributed by atoms with van der Waals surface area (Å²) >= 11 is 1.28. The summed E-state index contributed by atoms with van der Waals surface area (Å²) in [6, 6.07) is 0. The van der Waals surface area contributed by atoms with Crippen LogP contribution in [-0.2, 0) is 4.74 Å². The SMILES string of the molecule is CCN1CCCN(CCOc2c(C)nc3sc(C(=O)OC(C)(C)C)c(N)c3c2C)CC1. The number of hydrogen-bond donors (Lipinski definition) is 1. The summed E-state index contributed by atoms with van der Waals surface area (Å²) in [7, 11) is 0. The summed E-state index contributed by atoms with van der Waals surface area (Å²) in [6.07, 6.45) is 1.19. The smallest absolute Gasteiger partial charge is 0.351 e. The summed E-state index contributed by atoms with van der Waals surface area (Å²) in [4.78, 5) is 23.4. The molecular formula is C23H36N4O3S. The van der Waals surface area contributed by atoms with Gasteiger partial charge in [0, 0.05) is 30.6 Å². The number of anilines is 1. The third-order valence-corrected chi connectivity index (χ3v) is 6.69. The highest BCUT2D eigenvalue weighted by molar-refractivity contribution is 7.21. The van der Waals surface area contributed by atoms with E-state index in [1.807, 2.05) is 34.6 Å². The maximum absolute atomic E-state index is 12.6.